The summed E-state index contributed by atoms with van der Waals surface area (Å²) >= 11 is 6.28. The highest BCUT2D eigenvalue weighted by Gasteiger charge is 2.36. The maximum absolute atomic E-state index is 13.8. The smallest absolute Gasteiger partial charge is 0.350 e. The summed E-state index contributed by atoms with van der Waals surface area (Å²) in [4.78, 5) is 16.9. The van der Waals surface area contributed by atoms with Crippen molar-refractivity contribution in [1.29, 1.82) is 0 Å². The van der Waals surface area contributed by atoms with Crippen molar-refractivity contribution in [2.45, 2.75) is 19.5 Å². The van der Waals surface area contributed by atoms with Gasteiger partial charge in [-0.15, -0.1) is 0 Å². The Hall–Kier alpha value is -3.39. The van der Waals surface area contributed by atoms with E-state index in [4.69, 9.17) is 11.6 Å². The number of rotatable bonds is 5. The van der Waals surface area contributed by atoms with E-state index in [1.165, 1.54) is 0 Å². The van der Waals surface area contributed by atoms with Crippen LogP contribution in [0.15, 0.2) is 60.7 Å². The number of aromatic nitrogens is 3. The van der Waals surface area contributed by atoms with Gasteiger partial charge in [0.2, 0.25) is 0 Å². The van der Waals surface area contributed by atoms with E-state index < -0.39 is 17.8 Å². The first kappa shape index (κ1) is 21.8. The molecule has 164 valence electrons. The Bertz CT molecular complexity index is 1270. The zero-order valence-corrected chi connectivity index (χ0v) is 17.7. The van der Waals surface area contributed by atoms with Gasteiger partial charge in [0.1, 0.15) is 5.02 Å². The zero-order valence-electron chi connectivity index (χ0n) is 16.9. The molecule has 0 unspecified atom stereocenters. The van der Waals surface area contributed by atoms with E-state index in [-0.39, 0.29) is 28.6 Å². The van der Waals surface area contributed by atoms with Crippen molar-refractivity contribution >= 4 is 23.2 Å². The van der Waals surface area contributed by atoms with Crippen molar-refractivity contribution in [1.82, 2.24) is 19.9 Å². The molecule has 4 aromatic rings. The Kier molecular flexibility index (Phi) is 5.88. The molecule has 0 saturated carbocycles. The molecular weight excluding hydrogens is 441 g/mol. The molecule has 0 atom stereocenters. The number of nitrogens with zero attached hydrogens (tertiary/aromatic N) is 3. The summed E-state index contributed by atoms with van der Waals surface area (Å²) in [5, 5.41) is 6.26. The van der Waals surface area contributed by atoms with Crippen LogP contribution in [0.2, 0.25) is 5.02 Å². The quantitative estimate of drug-likeness (QED) is 0.438. The van der Waals surface area contributed by atoms with Crippen molar-refractivity contribution in [2.75, 3.05) is 6.54 Å². The molecule has 32 heavy (non-hydrogen) atoms. The van der Waals surface area contributed by atoms with E-state index >= 15 is 0 Å². The van der Waals surface area contributed by atoms with Crippen LogP contribution in [0.3, 0.4) is 0 Å². The van der Waals surface area contributed by atoms with E-state index in [9.17, 15) is 18.0 Å². The Balaban J connectivity index is 1.69. The molecule has 0 spiro atoms. The molecule has 2 heterocycles. The Morgan fingerprint density at radius 3 is 2.44 bits per heavy atom. The van der Waals surface area contributed by atoms with Crippen LogP contribution in [0.5, 0.6) is 0 Å². The highest BCUT2D eigenvalue weighted by atomic mass is 35.5. The third-order valence-electron chi connectivity index (χ3n) is 4.93. The molecule has 5 nitrogen and oxygen atoms in total. The number of fused-ring (bicyclic) bond motifs is 1. The van der Waals surface area contributed by atoms with Crippen LogP contribution in [0.25, 0.3) is 16.9 Å². The highest BCUT2D eigenvalue weighted by molar-refractivity contribution is 6.36. The molecule has 4 rings (SSSR count). The lowest BCUT2D eigenvalue weighted by Gasteiger charge is -2.11. The second-order valence-corrected chi connectivity index (χ2v) is 7.66. The van der Waals surface area contributed by atoms with Crippen LogP contribution in [-0.4, -0.2) is 27.0 Å². The molecule has 0 aliphatic heterocycles. The van der Waals surface area contributed by atoms with Gasteiger partial charge >= 0.3 is 6.18 Å². The third kappa shape index (κ3) is 4.45. The third-order valence-corrected chi connectivity index (χ3v) is 5.28. The largest absolute Gasteiger partial charge is 0.433 e. The molecule has 9 heteroatoms. The van der Waals surface area contributed by atoms with E-state index in [0.717, 1.165) is 17.2 Å². The molecule has 0 fully saturated rings. The van der Waals surface area contributed by atoms with Gasteiger partial charge in [-0.2, -0.15) is 18.3 Å². The van der Waals surface area contributed by atoms with Crippen LogP contribution in [-0.2, 0) is 12.6 Å². The van der Waals surface area contributed by atoms with Crippen molar-refractivity contribution in [2.24, 2.45) is 0 Å². The number of nitrogens with one attached hydrogen (secondary N) is 1. The summed E-state index contributed by atoms with van der Waals surface area (Å²) in [6.07, 6.45) is -4.17. The number of halogens is 4. The van der Waals surface area contributed by atoms with Gasteiger partial charge in [-0.25, -0.2) is 9.50 Å². The lowest BCUT2D eigenvalue weighted by Crippen LogP contribution is -2.26. The van der Waals surface area contributed by atoms with E-state index in [1.807, 2.05) is 37.3 Å². The standard InChI is InChI=1S/C23H18ClF3N4O/c1-14-7-9-16(10-8-14)17-13-18(23(25,26)27)31-21(29-17)19(24)20(30-31)22(32)28-12-11-15-5-3-2-4-6-15/h2-10,13H,11-12H2,1H3,(H,28,32). The van der Waals surface area contributed by atoms with Gasteiger partial charge in [0.05, 0.1) is 5.69 Å². The molecule has 0 aliphatic rings. The molecule has 2 aromatic heterocycles. The Labute approximate surface area is 186 Å². The number of benzene rings is 2. The highest BCUT2D eigenvalue weighted by Crippen LogP contribution is 2.34. The van der Waals surface area contributed by atoms with Gasteiger partial charge in [-0.1, -0.05) is 71.8 Å². The first-order valence-electron chi connectivity index (χ1n) is 9.79. The maximum atomic E-state index is 13.8. The lowest BCUT2D eigenvalue weighted by molar-refractivity contribution is -0.142. The number of carbonyl (C=O) groups is 1. The number of aryl methyl sites for hydroxylation is 1. The SMILES string of the molecule is Cc1ccc(-c2cc(C(F)(F)F)n3nc(C(=O)NCCc4ccccc4)c(Cl)c3n2)cc1. The van der Waals surface area contributed by atoms with Gasteiger partial charge < -0.3 is 5.32 Å². The molecule has 2 aromatic carbocycles. The molecular formula is C23H18ClF3N4O. The van der Waals surface area contributed by atoms with Gasteiger partial charge in [0.25, 0.3) is 5.91 Å². The summed E-state index contributed by atoms with van der Waals surface area (Å²) in [6, 6.07) is 17.3. The summed E-state index contributed by atoms with van der Waals surface area (Å²) in [7, 11) is 0. The first-order chi connectivity index (χ1) is 15.2. The minimum absolute atomic E-state index is 0.0858. The van der Waals surface area contributed by atoms with Gasteiger partial charge in [-0.3, -0.25) is 4.79 Å². The molecule has 1 N–H and O–H groups in total. The average molecular weight is 459 g/mol. The topological polar surface area (TPSA) is 59.3 Å². The Morgan fingerprint density at radius 1 is 1.09 bits per heavy atom. The predicted octanol–water partition coefficient (Wildman–Crippen LogP) is 5.35. The van der Waals surface area contributed by atoms with Gasteiger partial charge in [0, 0.05) is 12.1 Å². The summed E-state index contributed by atoms with van der Waals surface area (Å²) in [6.45, 7) is 2.15. The van der Waals surface area contributed by atoms with E-state index in [0.29, 0.717) is 16.5 Å². The number of carbonyl (C=O) groups excluding carboxylic acids is 1. The number of hydrogen-bond acceptors (Lipinski definition) is 3. The van der Waals surface area contributed by atoms with Crippen LogP contribution in [0.1, 0.15) is 27.3 Å². The van der Waals surface area contributed by atoms with Crippen LogP contribution < -0.4 is 5.32 Å². The number of alkyl halides is 3. The Morgan fingerprint density at radius 2 is 1.78 bits per heavy atom. The van der Waals surface area contributed by atoms with Crippen molar-refractivity contribution in [3.8, 4) is 11.3 Å². The normalized spacial score (nSPS) is 11.7. The van der Waals surface area contributed by atoms with Crippen LogP contribution in [0, 0.1) is 6.92 Å². The second-order valence-electron chi connectivity index (χ2n) is 7.28. The zero-order chi connectivity index (χ0) is 22.9. The van der Waals surface area contributed by atoms with Crippen LogP contribution >= 0.6 is 11.6 Å². The predicted molar refractivity (Wildman–Crippen MR) is 116 cm³/mol. The monoisotopic (exact) mass is 458 g/mol. The van der Waals surface area contributed by atoms with E-state index in [1.54, 1.807) is 24.3 Å². The fourth-order valence-corrected chi connectivity index (χ4v) is 3.51. The maximum Gasteiger partial charge on any atom is 0.433 e. The molecule has 1 amide bonds. The first-order valence-corrected chi connectivity index (χ1v) is 10.2. The average Bonchev–Trinajstić information content (AvgIpc) is 3.10. The van der Waals surface area contributed by atoms with Gasteiger partial charge in [0.15, 0.2) is 17.0 Å². The number of amides is 1. The summed E-state index contributed by atoms with van der Waals surface area (Å²) in [5.74, 6) is -0.665. The molecule has 0 bridgehead atoms. The number of hydrogen-bond donors (Lipinski definition) is 1. The molecule has 0 saturated heterocycles. The fraction of sp³-hybridized carbons (Fsp3) is 0.174. The molecule has 0 aliphatic carbocycles. The summed E-state index contributed by atoms with van der Waals surface area (Å²) < 4.78 is 41.9. The minimum Gasteiger partial charge on any atom is -0.350 e. The summed E-state index contributed by atoms with van der Waals surface area (Å²) in [5.41, 5.74) is 0.949. The van der Waals surface area contributed by atoms with E-state index in [2.05, 4.69) is 15.4 Å². The van der Waals surface area contributed by atoms with Crippen molar-refractivity contribution in [3.05, 3.63) is 88.2 Å². The lowest BCUT2D eigenvalue weighted by atomic mass is 10.1. The molecule has 0 radical (unpaired) electrons. The van der Waals surface area contributed by atoms with Crippen molar-refractivity contribution in [3.63, 3.8) is 0 Å². The van der Waals surface area contributed by atoms with Crippen LogP contribution in [0.4, 0.5) is 13.2 Å². The second kappa shape index (κ2) is 8.63. The van der Waals surface area contributed by atoms with Crippen molar-refractivity contribution < 1.29 is 18.0 Å². The minimum atomic E-state index is -4.73. The fourth-order valence-electron chi connectivity index (χ4n) is 3.26. The van der Waals surface area contributed by atoms with Gasteiger partial charge in [-0.05, 0) is 25.0 Å².